The van der Waals surface area contributed by atoms with Crippen LogP contribution in [0, 0.1) is 0 Å². The molecule has 0 bridgehead atoms. The number of rotatable bonds is 6. The van der Waals surface area contributed by atoms with Gasteiger partial charge in [-0.15, -0.1) is 0 Å². The third kappa shape index (κ3) is 3.89. The van der Waals surface area contributed by atoms with Gasteiger partial charge in [-0.3, -0.25) is 10.3 Å². The minimum absolute atomic E-state index is 0.224. The van der Waals surface area contributed by atoms with Crippen LogP contribution in [0.3, 0.4) is 0 Å². The maximum Gasteiger partial charge on any atom is 0.206 e. The number of benzene rings is 3. The molecule has 0 spiro atoms. The lowest BCUT2D eigenvalue weighted by atomic mass is 10.1. The van der Waals surface area contributed by atoms with Gasteiger partial charge in [-0.1, -0.05) is 42.5 Å². The molecule has 2 N–H and O–H groups in total. The zero-order valence-corrected chi connectivity index (χ0v) is 17.8. The van der Waals surface area contributed by atoms with Crippen molar-refractivity contribution in [3.05, 3.63) is 103 Å². The number of aromatic nitrogens is 1. The van der Waals surface area contributed by atoms with E-state index in [0.717, 1.165) is 21.7 Å². The molecule has 0 amide bonds. The van der Waals surface area contributed by atoms with E-state index in [2.05, 4.69) is 10.3 Å². The van der Waals surface area contributed by atoms with Gasteiger partial charge in [-0.2, -0.15) is 0 Å². The molecular weight excluding hydrogens is 424 g/mol. The van der Waals surface area contributed by atoms with Gasteiger partial charge in [-0.05, 0) is 52.7 Å². The molecule has 2 aromatic heterocycles. The minimum atomic E-state index is -3.63. The Balaban J connectivity index is 1.30. The molecule has 3 aromatic carbocycles. The summed E-state index contributed by atoms with van der Waals surface area (Å²) in [7, 11) is -3.63. The highest BCUT2D eigenvalue weighted by atomic mass is 32.2. The fraction of sp³-hybridized carbons (Fsp3) is 0.0800. The largest absolute Gasteiger partial charge is 0.455 e. The number of nitrogens with one attached hydrogen (secondary N) is 1. The highest BCUT2D eigenvalue weighted by molar-refractivity contribution is 7.91. The molecule has 6 nitrogen and oxygen atoms in total. The molecule has 5 aromatic rings. The Morgan fingerprint density at radius 3 is 2.41 bits per heavy atom. The molecule has 0 aliphatic carbocycles. The van der Waals surface area contributed by atoms with E-state index in [-0.39, 0.29) is 9.79 Å². The second-order valence-electron chi connectivity index (χ2n) is 7.50. The molecule has 0 radical (unpaired) electrons. The summed E-state index contributed by atoms with van der Waals surface area (Å²) in [5.41, 5.74) is 1.44. The van der Waals surface area contributed by atoms with Crippen LogP contribution in [-0.2, 0) is 16.4 Å². The average Bonchev–Trinajstić information content (AvgIpc) is 3.27. The van der Waals surface area contributed by atoms with Gasteiger partial charge in [0.1, 0.15) is 5.76 Å². The summed E-state index contributed by atoms with van der Waals surface area (Å²) < 4.78 is 31.7. The lowest BCUT2D eigenvalue weighted by Gasteiger charge is -2.11. The Hall–Kier alpha value is -3.52. The van der Waals surface area contributed by atoms with Crippen molar-refractivity contribution in [2.45, 2.75) is 22.6 Å². The Morgan fingerprint density at radius 1 is 0.875 bits per heavy atom. The van der Waals surface area contributed by atoms with Crippen molar-refractivity contribution in [2.24, 2.45) is 0 Å². The fourth-order valence-corrected chi connectivity index (χ4v) is 4.91. The molecule has 32 heavy (non-hydrogen) atoms. The number of sulfone groups is 1. The summed E-state index contributed by atoms with van der Waals surface area (Å²) in [6, 6.07) is 23.0. The number of nitrogens with zero attached hydrogens (tertiary/aromatic N) is 1. The zero-order valence-electron chi connectivity index (χ0n) is 17.0. The number of aliphatic hydroxyl groups excluding tert-OH is 1. The molecule has 160 valence electrons. The maximum absolute atomic E-state index is 13.1. The molecule has 1 atom stereocenters. The Morgan fingerprint density at radius 2 is 1.62 bits per heavy atom. The van der Waals surface area contributed by atoms with Crippen molar-refractivity contribution < 1.29 is 17.9 Å². The van der Waals surface area contributed by atoms with Gasteiger partial charge >= 0.3 is 0 Å². The van der Waals surface area contributed by atoms with Gasteiger partial charge in [0.15, 0.2) is 11.8 Å². The summed E-state index contributed by atoms with van der Waals surface area (Å²) in [5, 5.41) is 16.1. The number of aliphatic hydroxyl groups is 1. The predicted octanol–water partition coefficient (Wildman–Crippen LogP) is 4.59. The number of hydrogen-bond donors (Lipinski definition) is 2. The summed E-state index contributed by atoms with van der Waals surface area (Å²) in [5.74, 6) is 0.392. The Bertz CT molecular complexity index is 1480. The monoisotopic (exact) mass is 444 g/mol. The molecular formula is C25H20N2O4S. The molecule has 0 aliphatic rings. The summed E-state index contributed by atoms with van der Waals surface area (Å²) in [6.07, 6.45) is 2.26. The van der Waals surface area contributed by atoms with E-state index in [4.69, 9.17) is 4.42 Å². The van der Waals surface area contributed by atoms with E-state index in [1.807, 2.05) is 36.4 Å². The standard InChI is InChI=1S/C25H20N2O4S/c28-25(23-14-20-11-12-26-16-24(20)31-23)27-15-17-5-8-21(9-6-17)32(29,30)22-10-7-18-3-1-2-4-19(18)13-22/h1-14,16,25,27-28H,15H2. The molecule has 2 heterocycles. The van der Waals surface area contributed by atoms with E-state index in [1.54, 1.807) is 54.9 Å². The predicted molar refractivity (Wildman–Crippen MR) is 122 cm³/mol. The van der Waals surface area contributed by atoms with Crippen LogP contribution in [0.1, 0.15) is 17.6 Å². The zero-order chi connectivity index (χ0) is 22.1. The van der Waals surface area contributed by atoms with Gasteiger partial charge < -0.3 is 9.52 Å². The second-order valence-corrected chi connectivity index (χ2v) is 9.45. The van der Waals surface area contributed by atoms with E-state index in [9.17, 15) is 13.5 Å². The van der Waals surface area contributed by atoms with E-state index < -0.39 is 16.1 Å². The second kappa shape index (κ2) is 8.20. The molecule has 0 fully saturated rings. The molecule has 0 aliphatic heterocycles. The molecule has 5 rings (SSSR count). The normalized spacial score (nSPS) is 12.9. The number of pyridine rings is 1. The first-order chi connectivity index (χ1) is 15.5. The number of furan rings is 1. The van der Waals surface area contributed by atoms with E-state index in [0.29, 0.717) is 17.9 Å². The van der Waals surface area contributed by atoms with E-state index in [1.165, 1.54) is 0 Å². The smallest absolute Gasteiger partial charge is 0.206 e. The summed E-state index contributed by atoms with van der Waals surface area (Å²) in [4.78, 5) is 4.48. The van der Waals surface area contributed by atoms with Crippen molar-refractivity contribution in [3.8, 4) is 0 Å². The molecule has 0 saturated carbocycles. The van der Waals surface area contributed by atoms with Crippen LogP contribution >= 0.6 is 0 Å². The summed E-state index contributed by atoms with van der Waals surface area (Å²) in [6.45, 7) is 0.340. The molecule has 1 unspecified atom stereocenters. The van der Waals surface area contributed by atoms with Crippen LogP contribution in [0.15, 0.2) is 105 Å². The third-order valence-electron chi connectivity index (χ3n) is 5.38. The van der Waals surface area contributed by atoms with Crippen molar-refractivity contribution in [3.63, 3.8) is 0 Å². The van der Waals surface area contributed by atoms with Crippen LogP contribution in [0.4, 0.5) is 0 Å². The number of fused-ring (bicyclic) bond motifs is 2. The minimum Gasteiger partial charge on any atom is -0.455 e. The van der Waals surface area contributed by atoms with Crippen LogP contribution in [-0.4, -0.2) is 18.5 Å². The lowest BCUT2D eigenvalue weighted by Crippen LogP contribution is -2.19. The Labute approximate surface area is 185 Å². The quantitative estimate of drug-likeness (QED) is 0.372. The van der Waals surface area contributed by atoms with Gasteiger partial charge in [0.25, 0.3) is 0 Å². The third-order valence-corrected chi connectivity index (χ3v) is 7.14. The first-order valence-corrected chi connectivity index (χ1v) is 11.6. The van der Waals surface area contributed by atoms with Crippen molar-refractivity contribution in [1.82, 2.24) is 10.3 Å². The van der Waals surface area contributed by atoms with Crippen LogP contribution in [0.2, 0.25) is 0 Å². The number of hydrogen-bond acceptors (Lipinski definition) is 6. The van der Waals surface area contributed by atoms with Gasteiger partial charge in [0, 0.05) is 18.1 Å². The Kier molecular flexibility index (Phi) is 5.22. The topological polar surface area (TPSA) is 92.4 Å². The molecule has 0 saturated heterocycles. The van der Waals surface area contributed by atoms with Crippen LogP contribution in [0.25, 0.3) is 21.7 Å². The highest BCUT2D eigenvalue weighted by Gasteiger charge is 2.18. The van der Waals surface area contributed by atoms with E-state index >= 15 is 0 Å². The van der Waals surface area contributed by atoms with Crippen LogP contribution < -0.4 is 5.32 Å². The maximum atomic E-state index is 13.1. The summed E-state index contributed by atoms with van der Waals surface area (Å²) >= 11 is 0. The first kappa shape index (κ1) is 20.4. The van der Waals surface area contributed by atoms with Gasteiger partial charge in [-0.25, -0.2) is 8.42 Å². The average molecular weight is 445 g/mol. The van der Waals surface area contributed by atoms with Gasteiger partial charge in [0.2, 0.25) is 9.84 Å². The highest BCUT2D eigenvalue weighted by Crippen LogP contribution is 2.26. The molecule has 7 heteroatoms. The van der Waals surface area contributed by atoms with Crippen molar-refractivity contribution >= 4 is 31.6 Å². The first-order valence-electron chi connectivity index (χ1n) is 10.1. The fourth-order valence-electron chi connectivity index (χ4n) is 3.61. The SMILES string of the molecule is O=S(=O)(c1ccc(CNC(O)c2cc3ccncc3o2)cc1)c1ccc2ccccc2c1. The van der Waals surface area contributed by atoms with Gasteiger partial charge in [0.05, 0.1) is 16.0 Å². The van der Waals surface area contributed by atoms with Crippen molar-refractivity contribution in [1.29, 1.82) is 0 Å². The van der Waals surface area contributed by atoms with Crippen molar-refractivity contribution in [2.75, 3.05) is 0 Å². The van der Waals surface area contributed by atoms with Crippen LogP contribution in [0.5, 0.6) is 0 Å². The lowest BCUT2D eigenvalue weighted by molar-refractivity contribution is 0.114.